The van der Waals surface area contributed by atoms with E-state index in [4.69, 9.17) is 14.6 Å². The zero-order valence-corrected chi connectivity index (χ0v) is 10.4. The minimum absolute atomic E-state index is 0.0299. The van der Waals surface area contributed by atoms with Gasteiger partial charge in [0.1, 0.15) is 11.5 Å². The van der Waals surface area contributed by atoms with E-state index in [0.29, 0.717) is 11.6 Å². The van der Waals surface area contributed by atoms with Crippen LogP contribution in [0.15, 0.2) is 36.4 Å². The fourth-order valence-electron chi connectivity index (χ4n) is 1.64. The maximum atomic E-state index is 9.13. The van der Waals surface area contributed by atoms with Gasteiger partial charge in [0, 0.05) is 17.8 Å². The lowest BCUT2D eigenvalue weighted by atomic mass is 10.2. The highest BCUT2D eigenvalue weighted by Crippen LogP contribution is 2.24. The first-order valence-electron chi connectivity index (χ1n) is 5.61. The van der Waals surface area contributed by atoms with Gasteiger partial charge in [0.2, 0.25) is 5.88 Å². The summed E-state index contributed by atoms with van der Waals surface area (Å²) < 4.78 is 10.8. The third-order valence-electron chi connectivity index (χ3n) is 2.44. The largest absolute Gasteiger partial charge is 0.497 e. The van der Waals surface area contributed by atoms with Crippen molar-refractivity contribution in [3.63, 3.8) is 0 Å². The fraction of sp³-hybridized carbons (Fsp3) is 0.214. The van der Waals surface area contributed by atoms with Crippen LogP contribution in [0.25, 0.3) is 0 Å². The summed E-state index contributed by atoms with van der Waals surface area (Å²) >= 11 is 0. The van der Waals surface area contributed by atoms with Gasteiger partial charge in [-0.05, 0) is 30.7 Å². The second-order valence-electron chi connectivity index (χ2n) is 3.89. The molecule has 0 saturated heterocycles. The Morgan fingerprint density at radius 2 is 1.94 bits per heavy atom. The van der Waals surface area contributed by atoms with Crippen LogP contribution in [0.3, 0.4) is 0 Å². The Morgan fingerprint density at radius 3 is 2.67 bits per heavy atom. The molecule has 0 unspecified atom stereocenters. The molecule has 0 aliphatic carbocycles. The first-order valence-corrected chi connectivity index (χ1v) is 5.61. The topological polar surface area (TPSA) is 51.6 Å². The lowest BCUT2D eigenvalue weighted by molar-refractivity contribution is 0.281. The van der Waals surface area contributed by atoms with Gasteiger partial charge in [0.15, 0.2) is 0 Å². The summed E-state index contributed by atoms with van der Waals surface area (Å²) in [5.41, 5.74) is 1.58. The van der Waals surface area contributed by atoms with Crippen molar-refractivity contribution in [2.24, 2.45) is 0 Å². The van der Waals surface area contributed by atoms with Gasteiger partial charge in [-0.1, -0.05) is 6.07 Å². The predicted octanol–water partition coefficient (Wildman–Crippen LogP) is 2.68. The molecule has 0 aliphatic heterocycles. The van der Waals surface area contributed by atoms with E-state index in [1.165, 1.54) is 0 Å². The molecule has 0 fully saturated rings. The summed E-state index contributed by atoms with van der Waals surface area (Å²) in [6.07, 6.45) is 0. The molecule has 0 spiro atoms. The van der Waals surface area contributed by atoms with Crippen LogP contribution in [0, 0.1) is 6.92 Å². The van der Waals surface area contributed by atoms with Crippen molar-refractivity contribution in [2.75, 3.05) is 7.11 Å². The molecule has 0 bridgehead atoms. The van der Waals surface area contributed by atoms with Crippen molar-refractivity contribution in [1.29, 1.82) is 0 Å². The van der Waals surface area contributed by atoms with Crippen LogP contribution in [-0.4, -0.2) is 17.2 Å². The van der Waals surface area contributed by atoms with Gasteiger partial charge in [-0.2, -0.15) is 0 Å². The second kappa shape index (κ2) is 5.51. The van der Waals surface area contributed by atoms with Crippen LogP contribution in [0.1, 0.15) is 11.3 Å². The number of aryl methyl sites for hydroxylation is 1. The van der Waals surface area contributed by atoms with E-state index in [0.717, 1.165) is 17.0 Å². The Kier molecular flexibility index (Phi) is 3.79. The molecular weight excluding hydrogens is 230 g/mol. The van der Waals surface area contributed by atoms with Crippen molar-refractivity contribution in [1.82, 2.24) is 4.98 Å². The number of methoxy groups -OCH3 is 1. The van der Waals surface area contributed by atoms with E-state index < -0.39 is 0 Å². The van der Waals surface area contributed by atoms with Crippen LogP contribution in [-0.2, 0) is 6.61 Å². The third-order valence-corrected chi connectivity index (χ3v) is 2.44. The van der Waals surface area contributed by atoms with Crippen LogP contribution in [0.2, 0.25) is 0 Å². The molecule has 4 nitrogen and oxygen atoms in total. The summed E-state index contributed by atoms with van der Waals surface area (Å²) in [5.74, 6) is 1.84. The molecule has 0 saturated carbocycles. The number of aromatic nitrogens is 1. The number of rotatable bonds is 4. The average Bonchev–Trinajstić information content (AvgIpc) is 2.38. The van der Waals surface area contributed by atoms with Gasteiger partial charge < -0.3 is 14.6 Å². The third kappa shape index (κ3) is 2.99. The summed E-state index contributed by atoms with van der Waals surface area (Å²) in [4.78, 5) is 4.26. The van der Waals surface area contributed by atoms with Crippen molar-refractivity contribution < 1.29 is 14.6 Å². The van der Waals surface area contributed by atoms with Gasteiger partial charge >= 0.3 is 0 Å². The van der Waals surface area contributed by atoms with Gasteiger partial charge in [-0.15, -0.1) is 0 Å². The van der Waals surface area contributed by atoms with E-state index in [2.05, 4.69) is 4.98 Å². The van der Waals surface area contributed by atoms with Gasteiger partial charge in [-0.3, -0.25) is 0 Å². The molecule has 1 N–H and O–H groups in total. The monoisotopic (exact) mass is 245 g/mol. The zero-order chi connectivity index (χ0) is 13.0. The molecule has 1 heterocycles. The first-order chi connectivity index (χ1) is 8.71. The summed E-state index contributed by atoms with van der Waals surface area (Å²) in [5, 5.41) is 9.13. The highest BCUT2D eigenvalue weighted by atomic mass is 16.5. The quantitative estimate of drug-likeness (QED) is 0.899. The van der Waals surface area contributed by atoms with Crippen LogP contribution >= 0.6 is 0 Å². The number of benzene rings is 1. The molecule has 2 aromatic rings. The molecule has 1 aromatic heterocycles. The lowest BCUT2D eigenvalue weighted by Crippen LogP contribution is -1.94. The van der Waals surface area contributed by atoms with E-state index in [1.807, 2.05) is 31.2 Å². The number of aliphatic hydroxyl groups is 1. The van der Waals surface area contributed by atoms with Crippen molar-refractivity contribution in [3.05, 3.63) is 47.7 Å². The number of nitrogens with zero attached hydrogens (tertiary/aromatic N) is 1. The maximum Gasteiger partial charge on any atom is 0.219 e. The Bertz CT molecular complexity index is 540. The minimum Gasteiger partial charge on any atom is -0.497 e. The van der Waals surface area contributed by atoms with Gasteiger partial charge in [0.05, 0.1) is 13.7 Å². The number of aliphatic hydroxyl groups excluding tert-OH is 1. The van der Waals surface area contributed by atoms with Gasteiger partial charge in [0.25, 0.3) is 0 Å². The second-order valence-corrected chi connectivity index (χ2v) is 3.89. The van der Waals surface area contributed by atoms with Crippen LogP contribution < -0.4 is 9.47 Å². The lowest BCUT2D eigenvalue weighted by Gasteiger charge is -2.08. The molecular formula is C14H15NO3. The Hall–Kier alpha value is -2.07. The smallest absolute Gasteiger partial charge is 0.219 e. The number of hydrogen-bond donors (Lipinski definition) is 1. The standard InChI is InChI=1S/C14H15NO3/c1-10-6-11(9-16)7-14(15-10)18-13-5-3-4-12(8-13)17-2/h3-8,16H,9H2,1-2H3. The van der Waals surface area contributed by atoms with E-state index >= 15 is 0 Å². The van der Waals surface area contributed by atoms with Crippen molar-refractivity contribution in [3.8, 4) is 17.4 Å². The Morgan fingerprint density at radius 1 is 1.17 bits per heavy atom. The Labute approximate surface area is 106 Å². The highest BCUT2D eigenvalue weighted by molar-refractivity contribution is 5.36. The normalized spacial score (nSPS) is 10.2. The van der Waals surface area contributed by atoms with Gasteiger partial charge in [-0.25, -0.2) is 4.98 Å². The minimum atomic E-state index is -0.0299. The Balaban J connectivity index is 2.24. The highest BCUT2D eigenvalue weighted by Gasteiger charge is 2.03. The SMILES string of the molecule is COc1cccc(Oc2cc(CO)cc(C)n2)c1. The fourth-order valence-corrected chi connectivity index (χ4v) is 1.64. The molecule has 0 aliphatic rings. The number of pyridine rings is 1. The summed E-state index contributed by atoms with van der Waals surface area (Å²) in [7, 11) is 1.61. The van der Waals surface area contributed by atoms with Crippen LogP contribution in [0.5, 0.6) is 17.4 Å². The van der Waals surface area contributed by atoms with E-state index in [1.54, 1.807) is 19.2 Å². The molecule has 0 atom stereocenters. The molecule has 1 aromatic carbocycles. The van der Waals surface area contributed by atoms with E-state index in [-0.39, 0.29) is 6.61 Å². The first kappa shape index (κ1) is 12.4. The predicted molar refractivity (Wildman–Crippen MR) is 68.0 cm³/mol. The molecule has 18 heavy (non-hydrogen) atoms. The average molecular weight is 245 g/mol. The number of ether oxygens (including phenoxy) is 2. The molecule has 94 valence electrons. The summed E-state index contributed by atoms with van der Waals surface area (Å²) in [6.45, 7) is 1.83. The molecule has 0 amide bonds. The molecule has 0 radical (unpaired) electrons. The summed E-state index contributed by atoms with van der Waals surface area (Å²) in [6, 6.07) is 10.8. The van der Waals surface area contributed by atoms with Crippen molar-refractivity contribution in [2.45, 2.75) is 13.5 Å². The molecule has 4 heteroatoms. The van der Waals surface area contributed by atoms with E-state index in [9.17, 15) is 0 Å². The zero-order valence-electron chi connectivity index (χ0n) is 10.4. The van der Waals surface area contributed by atoms with Crippen LogP contribution in [0.4, 0.5) is 0 Å². The molecule has 2 rings (SSSR count). The number of hydrogen-bond acceptors (Lipinski definition) is 4. The van der Waals surface area contributed by atoms with Crippen molar-refractivity contribution >= 4 is 0 Å². The maximum absolute atomic E-state index is 9.13.